The van der Waals surface area contributed by atoms with Crippen LogP contribution in [0.25, 0.3) is 0 Å². The summed E-state index contributed by atoms with van der Waals surface area (Å²) in [5, 5.41) is 5.40. The predicted molar refractivity (Wildman–Crippen MR) is 69.2 cm³/mol. The maximum absolute atomic E-state index is 13.6. The second kappa shape index (κ2) is 5.93. The summed E-state index contributed by atoms with van der Waals surface area (Å²) in [6.07, 6.45) is 1.66. The van der Waals surface area contributed by atoms with Crippen LogP contribution in [0.15, 0.2) is 18.2 Å². The second-order valence-electron chi connectivity index (χ2n) is 4.79. The first-order chi connectivity index (χ1) is 9.09. The quantitative estimate of drug-likeness (QED) is 0.794. The number of carbonyl (C=O) groups excluding carboxylic acids is 2. The Balaban J connectivity index is 2.06. The van der Waals surface area contributed by atoms with Gasteiger partial charge in [0.25, 0.3) is 5.91 Å². The molecule has 1 aromatic rings. The molecule has 1 saturated heterocycles. The topological polar surface area (TPSA) is 58.2 Å². The molecule has 0 aliphatic carbocycles. The molecule has 2 amide bonds. The number of hydrogen-bond donors (Lipinski definition) is 2. The molecule has 0 radical (unpaired) electrons. The third kappa shape index (κ3) is 3.17. The summed E-state index contributed by atoms with van der Waals surface area (Å²) >= 11 is 0. The van der Waals surface area contributed by atoms with Gasteiger partial charge in [0, 0.05) is 6.54 Å². The first kappa shape index (κ1) is 13.7. The van der Waals surface area contributed by atoms with Gasteiger partial charge in [-0.2, -0.15) is 0 Å². The molecule has 102 valence electrons. The predicted octanol–water partition coefficient (Wildman–Crippen LogP) is 1.39. The molecule has 4 nitrogen and oxygen atoms in total. The van der Waals surface area contributed by atoms with Crippen LogP contribution in [0.3, 0.4) is 0 Å². The highest BCUT2D eigenvalue weighted by atomic mass is 19.1. The van der Waals surface area contributed by atoms with Gasteiger partial charge in [-0.05, 0) is 37.9 Å². The van der Waals surface area contributed by atoms with Gasteiger partial charge in [0.15, 0.2) is 0 Å². The highest BCUT2D eigenvalue weighted by Gasteiger charge is 2.24. The molecule has 2 rings (SSSR count). The van der Waals surface area contributed by atoms with Crippen molar-refractivity contribution in [2.24, 2.45) is 5.92 Å². The molecule has 2 N–H and O–H groups in total. The number of imide groups is 1. The lowest BCUT2D eigenvalue weighted by Gasteiger charge is -2.21. The SMILES string of the molecule is Cc1cccc(F)c1C(=O)NC(=O)C1CCCNC1. The van der Waals surface area contributed by atoms with Gasteiger partial charge in [0.05, 0.1) is 11.5 Å². The fourth-order valence-corrected chi connectivity index (χ4v) is 2.27. The lowest BCUT2D eigenvalue weighted by Crippen LogP contribution is -2.43. The normalized spacial score (nSPS) is 18.9. The summed E-state index contributed by atoms with van der Waals surface area (Å²) in [6, 6.07) is 4.40. The summed E-state index contributed by atoms with van der Waals surface area (Å²) in [6.45, 7) is 3.10. The van der Waals surface area contributed by atoms with Gasteiger partial charge in [-0.3, -0.25) is 14.9 Å². The Morgan fingerprint density at radius 2 is 2.21 bits per heavy atom. The van der Waals surface area contributed by atoms with E-state index in [2.05, 4.69) is 10.6 Å². The van der Waals surface area contributed by atoms with Crippen LogP contribution in [0.2, 0.25) is 0 Å². The second-order valence-corrected chi connectivity index (χ2v) is 4.79. The molecule has 1 aliphatic heterocycles. The first-order valence-electron chi connectivity index (χ1n) is 6.40. The van der Waals surface area contributed by atoms with E-state index in [0.717, 1.165) is 19.4 Å². The molecule has 1 fully saturated rings. The van der Waals surface area contributed by atoms with Crippen molar-refractivity contribution in [3.63, 3.8) is 0 Å². The van der Waals surface area contributed by atoms with E-state index in [1.54, 1.807) is 13.0 Å². The third-order valence-electron chi connectivity index (χ3n) is 3.35. The molecule has 1 atom stereocenters. The fraction of sp³-hybridized carbons (Fsp3) is 0.429. The summed E-state index contributed by atoms with van der Waals surface area (Å²) in [7, 11) is 0. The Bertz CT molecular complexity index is 476. The Labute approximate surface area is 111 Å². The summed E-state index contributed by atoms with van der Waals surface area (Å²) < 4.78 is 13.6. The number of carbonyl (C=O) groups is 2. The first-order valence-corrected chi connectivity index (χ1v) is 6.40. The van der Waals surface area contributed by atoms with Gasteiger partial charge in [0.1, 0.15) is 5.82 Å². The van der Waals surface area contributed by atoms with Crippen LogP contribution in [-0.4, -0.2) is 24.9 Å². The standard InChI is InChI=1S/C14H17FN2O2/c1-9-4-2-6-11(15)12(9)14(19)17-13(18)10-5-3-7-16-8-10/h2,4,6,10,16H,3,5,7-8H2,1H3,(H,17,18,19). The van der Waals surface area contributed by atoms with E-state index in [1.165, 1.54) is 12.1 Å². The lowest BCUT2D eigenvalue weighted by atomic mass is 9.98. The zero-order chi connectivity index (χ0) is 13.8. The number of hydrogen-bond acceptors (Lipinski definition) is 3. The minimum atomic E-state index is -0.661. The van der Waals surface area contributed by atoms with Crippen molar-refractivity contribution in [2.45, 2.75) is 19.8 Å². The van der Waals surface area contributed by atoms with Gasteiger partial charge >= 0.3 is 0 Å². The van der Waals surface area contributed by atoms with Gasteiger partial charge in [-0.1, -0.05) is 12.1 Å². The van der Waals surface area contributed by atoms with Crippen LogP contribution in [0.5, 0.6) is 0 Å². The van der Waals surface area contributed by atoms with Crippen LogP contribution in [0, 0.1) is 18.7 Å². The van der Waals surface area contributed by atoms with Crippen molar-refractivity contribution in [1.82, 2.24) is 10.6 Å². The fourth-order valence-electron chi connectivity index (χ4n) is 2.27. The molecule has 1 aromatic carbocycles. The van der Waals surface area contributed by atoms with E-state index in [4.69, 9.17) is 0 Å². The monoisotopic (exact) mass is 264 g/mol. The van der Waals surface area contributed by atoms with Gasteiger partial charge < -0.3 is 5.32 Å². The highest BCUT2D eigenvalue weighted by Crippen LogP contribution is 2.14. The zero-order valence-electron chi connectivity index (χ0n) is 10.8. The van der Waals surface area contributed by atoms with Crippen LogP contribution >= 0.6 is 0 Å². The lowest BCUT2D eigenvalue weighted by molar-refractivity contribution is -0.124. The van der Waals surface area contributed by atoms with Crippen LogP contribution < -0.4 is 10.6 Å². The number of nitrogens with one attached hydrogen (secondary N) is 2. The number of amides is 2. The van der Waals surface area contributed by atoms with E-state index < -0.39 is 11.7 Å². The minimum Gasteiger partial charge on any atom is -0.316 e. The van der Waals surface area contributed by atoms with Crippen LogP contribution in [-0.2, 0) is 4.79 Å². The molecule has 1 heterocycles. The van der Waals surface area contributed by atoms with Crippen molar-refractivity contribution in [3.8, 4) is 0 Å². The number of aryl methyl sites for hydroxylation is 1. The maximum Gasteiger partial charge on any atom is 0.261 e. The molecular weight excluding hydrogens is 247 g/mol. The van der Waals surface area contributed by atoms with Gasteiger partial charge in [-0.15, -0.1) is 0 Å². The summed E-state index contributed by atoms with van der Waals surface area (Å²) in [4.78, 5) is 23.9. The van der Waals surface area contributed by atoms with Crippen molar-refractivity contribution < 1.29 is 14.0 Å². The van der Waals surface area contributed by atoms with E-state index in [9.17, 15) is 14.0 Å². The summed E-state index contributed by atoms with van der Waals surface area (Å²) in [5.41, 5.74) is 0.465. The van der Waals surface area contributed by atoms with Crippen molar-refractivity contribution in [2.75, 3.05) is 13.1 Å². The van der Waals surface area contributed by atoms with Crippen LogP contribution in [0.4, 0.5) is 4.39 Å². The van der Waals surface area contributed by atoms with Crippen molar-refractivity contribution in [3.05, 3.63) is 35.1 Å². The molecular formula is C14H17FN2O2. The number of rotatable bonds is 2. The Hall–Kier alpha value is -1.75. The third-order valence-corrected chi connectivity index (χ3v) is 3.35. The Morgan fingerprint density at radius 1 is 1.42 bits per heavy atom. The van der Waals surface area contributed by atoms with Crippen molar-refractivity contribution >= 4 is 11.8 Å². The van der Waals surface area contributed by atoms with Crippen molar-refractivity contribution in [1.29, 1.82) is 0 Å². The van der Waals surface area contributed by atoms with Gasteiger partial charge in [0.2, 0.25) is 5.91 Å². The zero-order valence-corrected chi connectivity index (χ0v) is 10.8. The summed E-state index contributed by atoms with van der Waals surface area (Å²) in [5.74, 6) is -1.82. The van der Waals surface area contributed by atoms with E-state index in [0.29, 0.717) is 12.1 Å². The minimum absolute atomic E-state index is 0.0559. The largest absolute Gasteiger partial charge is 0.316 e. The van der Waals surface area contributed by atoms with E-state index >= 15 is 0 Å². The maximum atomic E-state index is 13.6. The molecule has 19 heavy (non-hydrogen) atoms. The Morgan fingerprint density at radius 3 is 2.84 bits per heavy atom. The number of halogens is 1. The highest BCUT2D eigenvalue weighted by molar-refractivity contribution is 6.06. The molecule has 0 aromatic heterocycles. The molecule has 1 aliphatic rings. The number of piperidine rings is 1. The molecule has 0 bridgehead atoms. The molecule has 0 spiro atoms. The number of benzene rings is 1. The Kier molecular flexibility index (Phi) is 4.27. The van der Waals surface area contributed by atoms with Crippen LogP contribution in [0.1, 0.15) is 28.8 Å². The molecule has 1 unspecified atom stereocenters. The van der Waals surface area contributed by atoms with Gasteiger partial charge in [-0.25, -0.2) is 4.39 Å². The average molecular weight is 264 g/mol. The van der Waals surface area contributed by atoms with E-state index in [1.807, 2.05) is 0 Å². The van der Waals surface area contributed by atoms with E-state index in [-0.39, 0.29) is 17.4 Å². The molecule has 0 saturated carbocycles. The molecule has 5 heteroatoms. The smallest absolute Gasteiger partial charge is 0.261 e. The average Bonchev–Trinajstić information content (AvgIpc) is 2.39.